The topological polar surface area (TPSA) is 20.3 Å². The lowest BCUT2D eigenvalue weighted by Crippen LogP contribution is -2.17. The van der Waals surface area contributed by atoms with Gasteiger partial charge in [0.2, 0.25) is 0 Å². The van der Waals surface area contributed by atoms with Crippen LogP contribution in [0.5, 0.6) is 0 Å². The van der Waals surface area contributed by atoms with Gasteiger partial charge in [-0.25, -0.2) is 0 Å². The number of nitrogens with zero attached hydrogens (tertiary/aromatic N) is 1. The van der Waals surface area contributed by atoms with Gasteiger partial charge in [0.05, 0.1) is 0 Å². The molecule has 18 heavy (non-hydrogen) atoms. The molecule has 2 heteroatoms. The highest BCUT2D eigenvalue weighted by molar-refractivity contribution is 5.84. The smallest absolute Gasteiger partial charge is 0.152 e. The molecule has 0 unspecified atom stereocenters. The first-order valence-electron chi connectivity index (χ1n) is 6.01. The van der Waals surface area contributed by atoms with Gasteiger partial charge in [-0.15, -0.1) is 0 Å². The van der Waals surface area contributed by atoms with Gasteiger partial charge in [-0.1, -0.05) is 42.0 Å². The van der Waals surface area contributed by atoms with Crippen molar-refractivity contribution in [3.8, 4) is 0 Å². The maximum absolute atomic E-state index is 11.0. The third-order valence-corrected chi connectivity index (χ3v) is 3.02. The fourth-order valence-electron chi connectivity index (χ4n) is 1.99. The molecule has 2 rings (SSSR count). The van der Waals surface area contributed by atoms with Crippen molar-refractivity contribution in [1.82, 2.24) is 0 Å². The van der Waals surface area contributed by atoms with Crippen LogP contribution in [0.1, 0.15) is 21.5 Å². The van der Waals surface area contributed by atoms with Crippen molar-refractivity contribution < 1.29 is 4.79 Å². The molecule has 0 aliphatic carbocycles. The van der Waals surface area contributed by atoms with Gasteiger partial charge < -0.3 is 4.90 Å². The minimum atomic E-state index is 0.729. The predicted molar refractivity (Wildman–Crippen MR) is 75.1 cm³/mol. The Morgan fingerprint density at radius 2 is 1.72 bits per heavy atom. The van der Waals surface area contributed by atoms with Crippen molar-refractivity contribution in [3.05, 3.63) is 65.2 Å². The number of carbonyl (C=O) groups excluding carboxylic acids is 1. The number of carbonyl (C=O) groups is 1. The summed E-state index contributed by atoms with van der Waals surface area (Å²) in [5, 5.41) is 0. The summed E-state index contributed by atoms with van der Waals surface area (Å²) in [6, 6.07) is 16.1. The molecule has 0 atom stereocenters. The first-order chi connectivity index (χ1) is 8.70. The molecule has 0 N–H and O–H groups in total. The Morgan fingerprint density at radius 1 is 1.06 bits per heavy atom. The number of hydrogen-bond acceptors (Lipinski definition) is 2. The molecule has 0 bridgehead atoms. The van der Waals surface area contributed by atoms with Gasteiger partial charge in [-0.3, -0.25) is 4.79 Å². The summed E-state index contributed by atoms with van der Waals surface area (Å²) in [5.74, 6) is 0. The van der Waals surface area contributed by atoms with Gasteiger partial charge in [0, 0.05) is 24.8 Å². The normalized spacial score (nSPS) is 10.1. The highest BCUT2D eigenvalue weighted by Crippen LogP contribution is 2.19. The fraction of sp³-hybridized carbons (Fsp3) is 0.188. The molecule has 0 amide bonds. The number of benzene rings is 2. The van der Waals surface area contributed by atoms with Crippen molar-refractivity contribution in [3.63, 3.8) is 0 Å². The Kier molecular flexibility index (Phi) is 3.78. The van der Waals surface area contributed by atoms with Crippen molar-refractivity contribution in [2.24, 2.45) is 0 Å². The van der Waals surface area contributed by atoms with Crippen molar-refractivity contribution >= 4 is 12.0 Å². The van der Waals surface area contributed by atoms with Crippen LogP contribution in [0.3, 0.4) is 0 Å². The molecule has 0 heterocycles. The zero-order valence-corrected chi connectivity index (χ0v) is 10.8. The van der Waals surface area contributed by atoms with E-state index in [0.29, 0.717) is 0 Å². The molecule has 0 aromatic heterocycles. The Labute approximate surface area is 108 Å². The highest BCUT2D eigenvalue weighted by atomic mass is 16.1. The van der Waals surface area contributed by atoms with Crippen LogP contribution >= 0.6 is 0 Å². The molecular weight excluding hydrogens is 222 g/mol. The summed E-state index contributed by atoms with van der Waals surface area (Å²) >= 11 is 0. The number of hydrogen-bond donors (Lipinski definition) is 0. The molecular formula is C16H17NO. The molecule has 2 nitrogen and oxygen atoms in total. The third kappa shape index (κ3) is 2.77. The van der Waals surface area contributed by atoms with Crippen molar-refractivity contribution in [2.75, 3.05) is 11.9 Å². The Hall–Kier alpha value is -2.09. The number of aryl methyl sites for hydroxylation is 1. The summed E-state index contributed by atoms with van der Waals surface area (Å²) in [6.45, 7) is 2.88. The quantitative estimate of drug-likeness (QED) is 0.762. The van der Waals surface area contributed by atoms with Gasteiger partial charge in [0.25, 0.3) is 0 Å². The molecule has 0 aliphatic heterocycles. The van der Waals surface area contributed by atoms with Gasteiger partial charge >= 0.3 is 0 Å². The minimum absolute atomic E-state index is 0.729. The van der Waals surface area contributed by atoms with Crippen LogP contribution in [0.25, 0.3) is 0 Å². The third-order valence-electron chi connectivity index (χ3n) is 3.02. The maximum atomic E-state index is 11.0. The molecule has 92 valence electrons. The van der Waals surface area contributed by atoms with E-state index in [1.807, 2.05) is 31.3 Å². The zero-order valence-electron chi connectivity index (χ0n) is 10.8. The van der Waals surface area contributed by atoms with Crippen LogP contribution in [0.4, 0.5) is 5.69 Å². The second-order valence-corrected chi connectivity index (χ2v) is 4.52. The second kappa shape index (κ2) is 5.50. The van der Waals surface area contributed by atoms with E-state index in [9.17, 15) is 4.79 Å². The second-order valence-electron chi connectivity index (χ2n) is 4.52. The first kappa shape index (κ1) is 12.4. The van der Waals surface area contributed by atoms with E-state index >= 15 is 0 Å². The Balaban J connectivity index is 2.19. The van der Waals surface area contributed by atoms with E-state index in [1.165, 1.54) is 11.1 Å². The Bertz CT molecular complexity index is 531. The average molecular weight is 239 g/mol. The van der Waals surface area contributed by atoms with Crippen molar-refractivity contribution in [2.45, 2.75) is 13.5 Å². The predicted octanol–water partition coefficient (Wildman–Crippen LogP) is 3.44. The monoisotopic (exact) mass is 239 g/mol. The van der Waals surface area contributed by atoms with Crippen LogP contribution in [0.2, 0.25) is 0 Å². The molecule has 0 saturated heterocycles. The Morgan fingerprint density at radius 3 is 2.39 bits per heavy atom. The van der Waals surface area contributed by atoms with E-state index < -0.39 is 0 Å². The van der Waals surface area contributed by atoms with Gasteiger partial charge in [0.15, 0.2) is 6.29 Å². The van der Waals surface area contributed by atoms with Crippen molar-refractivity contribution in [1.29, 1.82) is 0 Å². The first-order valence-corrected chi connectivity index (χ1v) is 6.01. The number of para-hydroxylation sites is 1. The fourth-order valence-corrected chi connectivity index (χ4v) is 1.99. The summed E-state index contributed by atoms with van der Waals surface area (Å²) in [4.78, 5) is 13.1. The molecule has 0 radical (unpaired) electrons. The average Bonchev–Trinajstić information content (AvgIpc) is 2.41. The van der Waals surface area contributed by atoms with Gasteiger partial charge in [0.1, 0.15) is 0 Å². The van der Waals surface area contributed by atoms with E-state index in [-0.39, 0.29) is 0 Å². The van der Waals surface area contributed by atoms with E-state index in [4.69, 9.17) is 0 Å². The molecule has 0 fully saturated rings. The lowest BCUT2D eigenvalue weighted by atomic mass is 10.1. The summed E-state index contributed by atoms with van der Waals surface area (Å²) < 4.78 is 0. The number of rotatable bonds is 4. The molecule has 0 saturated carbocycles. The van der Waals surface area contributed by atoms with Gasteiger partial charge in [-0.2, -0.15) is 0 Å². The van der Waals surface area contributed by atoms with Crippen LogP contribution in [-0.2, 0) is 6.54 Å². The van der Waals surface area contributed by atoms with Crippen LogP contribution in [0, 0.1) is 6.92 Å². The number of aldehydes is 1. The lowest BCUT2D eigenvalue weighted by molar-refractivity contribution is 0.112. The highest BCUT2D eigenvalue weighted by Gasteiger charge is 2.06. The van der Waals surface area contributed by atoms with Crippen LogP contribution in [-0.4, -0.2) is 13.3 Å². The minimum Gasteiger partial charge on any atom is -0.370 e. The summed E-state index contributed by atoms with van der Waals surface area (Å²) in [6.07, 6.45) is 0.904. The van der Waals surface area contributed by atoms with Crippen LogP contribution in [0.15, 0.2) is 48.5 Å². The molecule has 0 spiro atoms. The standard InChI is InChI=1S/C16H17NO/c1-13-7-9-14(10-8-13)11-17(2)16-6-4-3-5-15(16)12-18/h3-10,12H,11H2,1-2H3. The largest absolute Gasteiger partial charge is 0.370 e. The maximum Gasteiger partial charge on any atom is 0.152 e. The number of anilines is 1. The molecule has 2 aromatic carbocycles. The van der Waals surface area contributed by atoms with Crippen LogP contribution < -0.4 is 4.90 Å². The van der Waals surface area contributed by atoms with E-state index in [2.05, 4.69) is 36.1 Å². The molecule has 2 aromatic rings. The summed E-state index contributed by atoms with van der Waals surface area (Å²) in [7, 11) is 2.00. The lowest BCUT2D eigenvalue weighted by Gasteiger charge is -2.21. The zero-order chi connectivity index (χ0) is 13.0. The SMILES string of the molecule is Cc1ccc(CN(C)c2ccccc2C=O)cc1. The van der Waals surface area contributed by atoms with E-state index in [0.717, 1.165) is 24.1 Å². The van der Waals surface area contributed by atoms with E-state index in [1.54, 1.807) is 0 Å². The molecule has 0 aliphatic rings. The van der Waals surface area contributed by atoms with Gasteiger partial charge in [-0.05, 0) is 24.6 Å². The summed E-state index contributed by atoms with van der Waals surface area (Å²) in [5.41, 5.74) is 4.19.